The van der Waals surface area contributed by atoms with E-state index in [9.17, 15) is 14.4 Å². The number of benzene rings is 1. The lowest BCUT2D eigenvalue weighted by Crippen LogP contribution is -2.42. The number of hydrogen-bond donors (Lipinski definition) is 1. The van der Waals surface area contributed by atoms with Crippen molar-refractivity contribution in [3.05, 3.63) is 29.8 Å². The molecule has 0 unspecified atom stereocenters. The van der Waals surface area contributed by atoms with Gasteiger partial charge in [-0.3, -0.25) is 24.6 Å². The molecule has 1 N–H and O–H groups in total. The normalized spacial score (nSPS) is 29.6. The molecule has 1 aromatic rings. The van der Waals surface area contributed by atoms with Crippen LogP contribution in [0.4, 0.5) is 0 Å². The van der Waals surface area contributed by atoms with E-state index in [0.717, 1.165) is 10.5 Å². The Bertz CT molecular complexity index is 674. The molecule has 2 amide bonds. The third-order valence-electron chi connectivity index (χ3n) is 4.62. The van der Waals surface area contributed by atoms with Crippen LogP contribution >= 0.6 is 0 Å². The Morgan fingerprint density at radius 3 is 2.43 bits per heavy atom. The molecule has 2 aliphatic rings. The van der Waals surface area contributed by atoms with Crippen LogP contribution in [0.15, 0.2) is 24.3 Å². The van der Waals surface area contributed by atoms with E-state index in [1.165, 1.54) is 21.3 Å². The van der Waals surface area contributed by atoms with E-state index in [1.54, 1.807) is 6.07 Å². The lowest BCUT2D eigenvalue weighted by molar-refractivity contribution is -0.147. The van der Waals surface area contributed by atoms with Crippen molar-refractivity contribution >= 4 is 17.8 Å². The summed E-state index contributed by atoms with van der Waals surface area (Å²) in [6, 6.07) is 5.92. The minimum absolute atomic E-state index is 0.296. The molecule has 7 heteroatoms. The molecule has 0 saturated carbocycles. The van der Waals surface area contributed by atoms with Gasteiger partial charge in [0.2, 0.25) is 11.8 Å². The molecular formula is C16H18N2O5. The van der Waals surface area contributed by atoms with Gasteiger partial charge in [0, 0.05) is 18.7 Å². The molecule has 0 radical (unpaired) electrons. The van der Waals surface area contributed by atoms with Crippen LogP contribution in [-0.2, 0) is 19.1 Å². The standard InChI is InChI=1S/C16H18N2O5/c1-18-14(19)10-11(15(18)20)13(16(21)23-3)17-12(10)8-6-4-5-7-9(8)22-2/h4-7,10-13,17H,1-3H3/t10-,11+,12-,13-/m0/s1. The van der Waals surface area contributed by atoms with Crippen LogP contribution in [0.3, 0.4) is 0 Å². The van der Waals surface area contributed by atoms with E-state index in [4.69, 9.17) is 9.47 Å². The summed E-state index contributed by atoms with van der Waals surface area (Å²) in [5, 5.41) is 3.09. The lowest BCUT2D eigenvalue weighted by atomic mass is 9.86. The first-order valence-electron chi connectivity index (χ1n) is 7.29. The van der Waals surface area contributed by atoms with E-state index >= 15 is 0 Å². The number of nitrogens with zero attached hydrogens (tertiary/aromatic N) is 1. The maximum Gasteiger partial charge on any atom is 0.323 e. The van der Waals surface area contributed by atoms with Crippen molar-refractivity contribution in [3.63, 3.8) is 0 Å². The predicted molar refractivity (Wildman–Crippen MR) is 79.4 cm³/mol. The summed E-state index contributed by atoms with van der Waals surface area (Å²) in [4.78, 5) is 38.0. The number of methoxy groups -OCH3 is 2. The molecule has 2 fully saturated rings. The maximum atomic E-state index is 12.5. The minimum atomic E-state index is -0.846. The Morgan fingerprint density at radius 1 is 1.13 bits per heavy atom. The van der Waals surface area contributed by atoms with Crippen LogP contribution < -0.4 is 10.1 Å². The molecule has 1 aromatic carbocycles. The molecule has 4 atom stereocenters. The number of hydrogen-bond acceptors (Lipinski definition) is 6. The first-order valence-corrected chi connectivity index (χ1v) is 7.29. The number of carbonyl (C=O) groups is 3. The number of carbonyl (C=O) groups excluding carboxylic acids is 3. The van der Waals surface area contributed by atoms with Gasteiger partial charge in [-0.05, 0) is 6.07 Å². The number of para-hydroxylation sites is 1. The molecular weight excluding hydrogens is 300 g/mol. The lowest BCUT2D eigenvalue weighted by Gasteiger charge is -2.21. The van der Waals surface area contributed by atoms with Gasteiger partial charge in [-0.15, -0.1) is 0 Å². The second kappa shape index (κ2) is 5.66. The summed E-state index contributed by atoms with van der Waals surface area (Å²) in [7, 11) is 4.24. The number of rotatable bonds is 3. The molecule has 0 aromatic heterocycles. The largest absolute Gasteiger partial charge is 0.496 e. The number of ether oxygens (including phenoxy) is 2. The van der Waals surface area contributed by atoms with Gasteiger partial charge in [0.1, 0.15) is 11.8 Å². The first kappa shape index (κ1) is 15.5. The fraction of sp³-hybridized carbons (Fsp3) is 0.438. The highest BCUT2D eigenvalue weighted by Gasteiger charge is 2.60. The van der Waals surface area contributed by atoms with Gasteiger partial charge >= 0.3 is 5.97 Å². The monoisotopic (exact) mass is 318 g/mol. The number of esters is 1. The summed E-state index contributed by atoms with van der Waals surface area (Å²) in [5.41, 5.74) is 0.743. The Hall–Kier alpha value is -2.41. The van der Waals surface area contributed by atoms with Gasteiger partial charge in [-0.2, -0.15) is 0 Å². The Kier molecular flexibility index (Phi) is 3.81. The van der Waals surface area contributed by atoms with Crippen molar-refractivity contribution < 1.29 is 23.9 Å². The summed E-state index contributed by atoms with van der Waals surface area (Å²) in [6.07, 6.45) is 0. The average molecular weight is 318 g/mol. The van der Waals surface area contributed by atoms with Crippen LogP contribution in [-0.4, -0.2) is 50.0 Å². The van der Waals surface area contributed by atoms with Gasteiger partial charge in [0.05, 0.1) is 26.1 Å². The predicted octanol–water partition coefficient (Wildman–Crippen LogP) is 0.112. The van der Waals surface area contributed by atoms with E-state index < -0.39 is 29.9 Å². The van der Waals surface area contributed by atoms with E-state index in [2.05, 4.69) is 5.32 Å². The van der Waals surface area contributed by atoms with Crippen molar-refractivity contribution in [2.45, 2.75) is 12.1 Å². The van der Waals surface area contributed by atoms with Gasteiger partial charge < -0.3 is 9.47 Å². The van der Waals surface area contributed by atoms with Crippen LogP contribution in [0.1, 0.15) is 11.6 Å². The SMILES string of the molecule is COC(=O)[C@H]1N[C@@H](c2ccccc2OC)[C@H]2C(=O)N(C)C(=O)[C@H]21. The number of imide groups is 1. The van der Waals surface area contributed by atoms with Gasteiger partial charge in [0.15, 0.2) is 0 Å². The highest BCUT2D eigenvalue weighted by molar-refractivity contribution is 6.08. The van der Waals surface area contributed by atoms with Crippen molar-refractivity contribution in [1.82, 2.24) is 10.2 Å². The van der Waals surface area contributed by atoms with E-state index in [1.807, 2.05) is 18.2 Å². The summed E-state index contributed by atoms with van der Waals surface area (Å²) in [6.45, 7) is 0. The Morgan fingerprint density at radius 2 is 1.78 bits per heavy atom. The molecule has 0 spiro atoms. The molecule has 2 heterocycles. The highest BCUT2D eigenvalue weighted by Crippen LogP contribution is 2.45. The van der Waals surface area contributed by atoms with E-state index in [0.29, 0.717) is 5.75 Å². The molecule has 3 rings (SSSR count). The van der Waals surface area contributed by atoms with Gasteiger partial charge in [0.25, 0.3) is 0 Å². The number of likely N-dealkylation sites (tertiary alicyclic amines) is 1. The van der Waals surface area contributed by atoms with Crippen molar-refractivity contribution in [2.24, 2.45) is 11.8 Å². The molecule has 122 valence electrons. The zero-order valence-corrected chi connectivity index (χ0v) is 13.1. The molecule has 2 aliphatic heterocycles. The molecule has 0 aliphatic carbocycles. The third-order valence-corrected chi connectivity index (χ3v) is 4.62. The summed E-state index contributed by atoms with van der Waals surface area (Å²) in [5.74, 6) is -2.00. The second-order valence-corrected chi connectivity index (χ2v) is 5.67. The van der Waals surface area contributed by atoms with Crippen LogP contribution in [0.2, 0.25) is 0 Å². The van der Waals surface area contributed by atoms with Crippen LogP contribution in [0, 0.1) is 11.8 Å². The molecule has 23 heavy (non-hydrogen) atoms. The number of amides is 2. The summed E-state index contributed by atoms with van der Waals surface area (Å²) >= 11 is 0. The quantitative estimate of drug-likeness (QED) is 0.629. The fourth-order valence-corrected chi connectivity index (χ4v) is 3.51. The molecule has 0 bridgehead atoms. The zero-order chi connectivity index (χ0) is 16.7. The third kappa shape index (κ3) is 2.19. The minimum Gasteiger partial charge on any atom is -0.496 e. The first-order chi connectivity index (χ1) is 11.0. The van der Waals surface area contributed by atoms with Gasteiger partial charge in [-0.25, -0.2) is 0 Å². The number of nitrogens with one attached hydrogen (secondary N) is 1. The number of fused-ring (bicyclic) bond motifs is 1. The maximum absolute atomic E-state index is 12.5. The van der Waals surface area contributed by atoms with Crippen molar-refractivity contribution in [3.8, 4) is 5.75 Å². The fourth-order valence-electron chi connectivity index (χ4n) is 3.51. The highest BCUT2D eigenvalue weighted by atomic mass is 16.5. The second-order valence-electron chi connectivity index (χ2n) is 5.67. The van der Waals surface area contributed by atoms with Gasteiger partial charge in [-0.1, -0.05) is 18.2 Å². The van der Waals surface area contributed by atoms with Crippen molar-refractivity contribution in [2.75, 3.05) is 21.3 Å². The Balaban J connectivity index is 2.06. The van der Waals surface area contributed by atoms with E-state index in [-0.39, 0.29) is 11.8 Å². The molecule has 7 nitrogen and oxygen atoms in total. The van der Waals surface area contributed by atoms with Crippen molar-refractivity contribution in [1.29, 1.82) is 0 Å². The summed E-state index contributed by atoms with van der Waals surface area (Å²) < 4.78 is 10.1. The topological polar surface area (TPSA) is 84.9 Å². The van der Waals surface area contributed by atoms with Crippen LogP contribution in [0.5, 0.6) is 5.75 Å². The van der Waals surface area contributed by atoms with Crippen LogP contribution in [0.25, 0.3) is 0 Å². The Labute approximate surface area is 133 Å². The smallest absolute Gasteiger partial charge is 0.323 e. The average Bonchev–Trinajstić information content (AvgIpc) is 3.07. The zero-order valence-electron chi connectivity index (χ0n) is 13.1. The molecule has 2 saturated heterocycles.